The van der Waals surface area contributed by atoms with E-state index in [1.165, 1.54) is 0 Å². The molecule has 0 aliphatic rings. The van der Waals surface area contributed by atoms with Gasteiger partial charge in [0.05, 0.1) is 30.8 Å². The predicted octanol–water partition coefficient (Wildman–Crippen LogP) is 3.12. The van der Waals surface area contributed by atoms with Gasteiger partial charge in [0.15, 0.2) is 0 Å². The molecule has 0 aliphatic heterocycles. The third kappa shape index (κ3) is 5.10. The first-order chi connectivity index (χ1) is 12.4. The molecule has 0 bridgehead atoms. The molecule has 1 N–H and O–H groups in total. The molecule has 0 amide bonds. The van der Waals surface area contributed by atoms with Crippen molar-refractivity contribution in [1.29, 1.82) is 0 Å². The van der Waals surface area contributed by atoms with Crippen LogP contribution in [-0.4, -0.2) is 34.9 Å². The number of hydrogen-bond donors (Lipinski definition) is 1. The number of aryl methyl sites for hydroxylation is 2. The Labute approximate surface area is 157 Å². The van der Waals surface area contributed by atoms with Gasteiger partial charge in [-0.2, -0.15) is 0 Å². The maximum Gasteiger partial charge on any atom is 0.137 e. The Morgan fingerprint density at radius 3 is 2.42 bits per heavy atom. The lowest BCUT2D eigenvalue weighted by Gasteiger charge is -2.22. The van der Waals surface area contributed by atoms with Gasteiger partial charge in [-0.3, -0.25) is 4.21 Å². The van der Waals surface area contributed by atoms with Gasteiger partial charge in [-0.15, -0.1) is 6.42 Å². The lowest BCUT2D eigenvalue weighted by Crippen LogP contribution is -2.34. The van der Waals surface area contributed by atoms with Gasteiger partial charge in [0.2, 0.25) is 0 Å². The topological polar surface area (TPSA) is 55.8 Å². The molecule has 0 aliphatic carbocycles. The first-order valence-corrected chi connectivity index (χ1v) is 9.59. The summed E-state index contributed by atoms with van der Waals surface area (Å²) < 4.78 is 23.2. The molecule has 0 saturated heterocycles. The Morgan fingerprint density at radius 1 is 1.15 bits per heavy atom. The second-order valence-electron chi connectivity index (χ2n) is 6.16. The van der Waals surface area contributed by atoms with Crippen LogP contribution in [0, 0.1) is 19.3 Å². The number of terminal acetylenes is 1. The van der Waals surface area contributed by atoms with Crippen LogP contribution in [0.1, 0.15) is 17.5 Å². The Hall–Kier alpha value is -2.29. The van der Waals surface area contributed by atoms with Crippen LogP contribution < -0.4 is 9.47 Å². The summed E-state index contributed by atoms with van der Waals surface area (Å²) in [6, 6.07) is 12.9. The Balaban J connectivity index is 2.11. The molecule has 2 rings (SSSR count). The molecule has 0 saturated carbocycles. The van der Waals surface area contributed by atoms with Crippen LogP contribution in [0.4, 0.5) is 0 Å². The largest absolute Gasteiger partial charge is 0.497 e. The lowest BCUT2D eigenvalue weighted by atomic mass is 9.97. The third-order valence-corrected chi connectivity index (χ3v) is 5.76. The summed E-state index contributed by atoms with van der Waals surface area (Å²) in [6.07, 6.45) is 6.30. The van der Waals surface area contributed by atoms with Crippen LogP contribution in [0.5, 0.6) is 11.5 Å². The van der Waals surface area contributed by atoms with E-state index < -0.39 is 16.4 Å². The molecule has 0 spiro atoms. The van der Waals surface area contributed by atoms with Crippen LogP contribution in [-0.2, 0) is 17.2 Å². The maximum atomic E-state index is 12.6. The van der Waals surface area contributed by atoms with E-state index in [2.05, 4.69) is 5.92 Å². The van der Waals surface area contributed by atoms with Gasteiger partial charge in [0.1, 0.15) is 17.1 Å². The van der Waals surface area contributed by atoms with Crippen molar-refractivity contribution < 1.29 is 18.8 Å². The highest BCUT2D eigenvalue weighted by Crippen LogP contribution is 2.27. The first kappa shape index (κ1) is 20.0. The first-order valence-electron chi connectivity index (χ1n) is 8.27. The van der Waals surface area contributed by atoms with E-state index in [0.29, 0.717) is 22.8 Å². The second kappa shape index (κ2) is 8.88. The Bertz CT molecular complexity index is 808. The normalized spacial score (nSPS) is 14.1. The number of aliphatic hydroxyl groups is 1. The van der Waals surface area contributed by atoms with Crippen LogP contribution in [0.3, 0.4) is 0 Å². The van der Waals surface area contributed by atoms with E-state index in [1.807, 2.05) is 37.3 Å². The lowest BCUT2D eigenvalue weighted by molar-refractivity contribution is 0.116. The van der Waals surface area contributed by atoms with Gasteiger partial charge in [0, 0.05) is 4.90 Å². The molecule has 2 aromatic rings. The van der Waals surface area contributed by atoms with Crippen LogP contribution in [0.2, 0.25) is 0 Å². The molecule has 4 nitrogen and oxygen atoms in total. The van der Waals surface area contributed by atoms with Crippen molar-refractivity contribution in [1.82, 2.24) is 0 Å². The number of methoxy groups -OCH3 is 2. The summed E-state index contributed by atoms with van der Waals surface area (Å²) in [5.74, 6) is 3.80. The minimum absolute atomic E-state index is 0.0150. The number of benzene rings is 2. The van der Waals surface area contributed by atoms with Crippen LogP contribution >= 0.6 is 0 Å². The van der Waals surface area contributed by atoms with Crippen LogP contribution in [0.25, 0.3) is 0 Å². The number of rotatable bonds is 8. The van der Waals surface area contributed by atoms with Crippen molar-refractivity contribution in [2.24, 2.45) is 0 Å². The van der Waals surface area contributed by atoms with Crippen molar-refractivity contribution >= 4 is 10.8 Å². The zero-order chi connectivity index (χ0) is 19.2. The van der Waals surface area contributed by atoms with Gasteiger partial charge in [0.25, 0.3) is 0 Å². The molecule has 0 aromatic heterocycles. The minimum Gasteiger partial charge on any atom is -0.497 e. The molecular weight excluding hydrogens is 348 g/mol. The molecule has 2 atom stereocenters. The molecule has 26 heavy (non-hydrogen) atoms. The zero-order valence-electron chi connectivity index (χ0n) is 15.3. The molecule has 5 heteroatoms. The smallest absolute Gasteiger partial charge is 0.137 e. The van der Waals surface area contributed by atoms with Gasteiger partial charge < -0.3 is 14.6 Å². The summed E-state index contributed by atoms with van der Waals surface area (Å²) in [5, 5.41) is 10.8. The highest BCUT2D eigenvalue weighted by atomic mass is 32.2. The van der Waals surface area contributed by atoms with Crippen molar-refractivity contribution in [2.75, 3.05) is 20.0 Å². The minimum atomic E-state index is -1.47. The standard InChI is InChI=1S/C21H24O4S/c1-5-21(22,15-26(23)19-9-6-16(2)7-10-19)13-12-17-14-18(24-3)8-11-20(17)25-4/h1,6-11,14,22H,12-13,15H2,2-4H3/t21-,26?/m0/s1. The van der Waals surface area contributed by atoms with E-state index in [4.69, 9.17) is 15.9 Å². The molecule has 138 valence electrons. The molecular formula is C21H24O4S. The van der Waals surface area contributed by atoms with E-state index in [9.17, 15) is 9.32 Å². The molecule has 0 heterocycles. The predicted molar refractivity (Wildman–Crippen MR) is 104 cm³/mol. The summed E-state index contributed by atoms with van der Waals surface area (Å²) in [4.78, 5) is 0.656. The third-order valence-electron chi connectivity index (χ3n) is 4.22. The van der Waals surface area contributed by atoms with Crippen molar-refractivity contribution in [3.63, 3.8) is 0 Å². The highest BCUT2D eigenvalue weighted by molar-refractivity contribution is 7.85. The molecule has 0 fully saturated rings. The van der Waals surface area contributed by atoms with Gasteiger partial charge in [-0.05, 0) is 55.7 Å². The summed E-state index contributed by atoms with van der Waals surface area (Å²) in [6.45, 7) is 1.96. The fourth-order valence-electron chi connectivity index (χ4n) is 2.60. The van der Waals surface area contributed by atoms with E-state index in [0.717, 1.165) is 11.1 Å². The average Bonchev–Trinajstić information content (AvgIpc) is 2.66. The van der Waals surface area contributed by atoms with E-state index >= 15 is 0 Å². The molecule has 2 aromatic carbocycles. The van der Waals surface area contributed by atoms with E-state index in [-0.39, 0.29) is 12.2 Å². The van der Waals surface area contributed by atoms with Crippen molar-refractivity contribution in [3.05, 3.63) is 53.6 Å². The maximum absolute atomic E-state index is 12.6. The van der Waals surface area contributed by atoms with Gasteiger partial charge in [-0.25, -0.2) is 0 Å². The van der Waals surface area contributed by atoms with Crippen LogP contribution in [0.15, 0.2) is 47.4 Å². The highest BCUT2D eigenvalue weighted by Gasteiger charge is 2.28. The van der Waals surface area contributed by atoms with Gasteiger partial charge in [-0.1, -0.05) is 23.6 Å². The Kier molecular flexibility index (Phi) is 6.84. The Morgan fingerprint density at radius 2 is 1.85 bits per heavy atom. The number of hydrogen-bond acceptors (Lipinski definition) is 4. The average molecular weight is 372 g/mol. The SMILES string of the molecule is C#C[C@](O)(CCc1cc(OC)ccc1OC)CS(=O)c1ccc(C)cc1. The quantitative estimate of drug-likeness (QED) is 0.724. The summed E-state index contributed by atoms with van der Waals surface area (Å²) in [7, 11) is 1.80. The second-order valence-corrected chi connectivity index (χ2v) is 7.61. The zero-order valence-corrected chi connectivity index (χ0v) is 16.1. The fourth-order valence-corrected chi connectivity index (χ4v) is 3.86. The molecule has 1 unspecified atom stereocenters. The van der Waals surface area contributed by atoms with Gasteiger partial charge >= 0.3 is 0 Å². The molecule has 0 radical (unpaired) electrons. The fraction of sp³-hybridized carbons (Fsp3) is 0.333. The van der Waals surface area contributed by atoms with Crippen molar-refractivity contribution in [3.8, 4) is 23.8 Å². The summed E-state index contributed by atoms with van der Waals surface area (Å²) in [5.41, 5.74) is 0.494. The summed E-state index contributed by atoms with van der Waals surface area (Å²) >= 11 is 0. The van der Waals surface area contributed by atoms with E-state index in [1.54, 1.807) is 26.4 Å². The van der Waals surface area contributed by atoms with Crippen molar-refractivity contribution in [2.45, 2.75) is 30.3 Å². The number of ether oxygens (including phenoxy) is 2. The monoisotopic (exact) mass is 372 g/mol.